The molecular formula is C17H31N7. The molecule has 0 aromatic carbocycles. The van der Waals surface area contributed by atoms with Crippen molar-refractivity contribution in [3.8, 4) is 0 Å². The lowest BCUT2D eigenvalue weighted by molar-refractivity contribution is 0.263. The quantitative estimate of drug-likeness (QED) is 0.618. The molecule has 0 unspecified atom stereocenters. The fourth-order valence-corrected chi connectivity index (χ4v) is 2.59. The number of guanidine groups is 1. The molecule has 2 heterocycles. The van der Waals surface area contributed by atoms with E-state index >= 15 is 0 Å². The van der Waals surface area contributed by atoms with Crippen molar-refractivity contribution in [2.75, 3.05) is 50.7 Å². The second kappa shape index (κ2) is 8.82. The SMILES string of the molecule is CCNC(=NCCN1CCN(c2ncccn2)CC1)NC(C)(C)C. The first-order chi connectivity index (χ1) is 11.5. The van der Waals surface area contributed by atoms with Gasteiger partial charge in [-0.2, -0.15) is 0 Å². The molecule has 7 nitrogen and oxygen atoms in total. The van der Waals surface area contributed by atoms with Crippen LogP contribution in [0.4, 0.5) is 5.95 Å². The molecule has 24 heavy (non-hydrogen) atoms. The minimum absolute atomic E-state index is 0.0162. The van der Waals surface area contributed by atoms with Crippen molar-refractivity contribution in [2.45, 2.75) is 33.2 Å². The summed E-state index contributed by atoms with van der Waals surface area (Å²) in [7, 11) is 0. The number of nitrogens with zero attached hydrogens (tertiary/aromatic N) is 5. The van der Waals surface area contributed by atoms with Crippen LogP contribution in [0.15, 0.2) is 23.5 Å². The molecule has 1 aliphatic heterocycles. The Morgan fingerprint density at radius 1 is 1.17 bits per heavy atom. The zero-order valence-electron chi connectivity index (χ0n) is 15.4. The van der Waals surface area contributed by atoms with E-state index in [1.165, 1.54) is 0 Å². The third-order valence-electron chi connectivity index (χ3n) is 3.73. The lowest BCUT2D eigenvalue weighted by atomic mass is 10.1. The summed E-state index contributed by atoms with van der Waals surface area (Å²) >= 11 is 0. The van der Waals surface area contributed by atoms with Gasteiger partial charge in [-0.1, -0.05) is 0 Å². The second-order valence-corrected chi connectivity index (χ2v) is 7.01. The van der Waals surface area contributed by atoms with E-state index in [1.807, 2.05) is 6.07 Å². The van der Waals surface area contributed by atoms with E-state index in [4.69, 9.17) is 0 Å². The lowest BCUT2D eigenvalue weighted by Gasteiger charge is -2.34. The van der Waals surface area contributed by atoms with E-state index in [1.54, 1.807) is 12.4 Å². The minimum atomic E-state index is 0.0162. The fourth-order valence-electron chi connectivity index (χ4n) is 2.59. The van der Waals surface area contributed by atoms with Gasteiger partial charge in [0.25, 0.3) is 0 Å². The van der Waals surface area contributed by atoms with Crippen LogP contribution >= 0.6 is 0 Å². The minimum Gasteiger partial charge on any atom is -0.357 e. The number of anilines is 1. The van der Waals surface area contributed by atoms with Crippen LogP contribution in [0, 0.1) is 0 Å². The van der Waals surface area contributed by atoms with Crippen LogP contribution in [-0.2, 0) is 0 Å². The van der Waals surface area contributed by atoms with Gasteiger partial charge in [0, 0.05) is 57.2 Å². The van der Waals surface area contributed by atoms with Crippen LogP contribution in [0.2, 0.25) is 0 Å². The average molecular weight is 333 g/mol. The lowest BCUT2D eigenvalue weighted by Crippen LogP contribution is -2.49. The summed E-state index contributed by atoms with van der Waals surface area (Å²) in [6, 6.07) is 1.85. The summed E-state index contributed by atoms with van der Waals surface area (Å²) in [5, 5.41) is 6.72. The third-order valence-corrected chi connectivity index (χ3v) is 3.73. The Kier molecular flexibility index (Phi) is 6.78. The van der Waals surface area contributed by atoms with E-state index in [0.717, 1.165) is 57.7 Å². The highest BCUT2D eigenvalue weighted by atomic mass is 15.3. The Morgan fingerprint density at radius 2 is 1.83 bits per heavy atom. The molecule has 0 bridgehead atoms. The van der Waals surface area contributed by atoms with Crippen LogP contribution in [0.1, 0.15) is 27.7 Å². The summed E-state index contributed by atoms with van der Waals surface area (Å²) < 4.78 is 0. The topological polar surface area (TPSA) is 68.7 Å². The normalized spacial score (nSPS) is 17.0. The Bertz CT molecular complexity index is 501. The van der Waals surface area contributed by atoms with Gasteiger partial charge in [-0.15, -0.1) is 0 Å². The summed E-state index contributed by atoms with van der Waals surface area (Å²) in [5.74, 6) is 1.72. The van der Waals surface area contributed by atoms with Crippen molar-refractivity contribution in [3.63, 3.8) is 0 Å². The van der Waals surface area contributed by atoms with E-state index < -0.39 is 0 Å². The molecule has 0 saturated carbocycles. The molecule has 0 radical (unpaired) electrons. The summed E-state index contributed by atoms with van der Waals surface area (Å²) in [6.45, 7) is 15.1. The Labute approximate surface area is 145 Å². The number of rotatable bonds is 5. The maximum absolute atomic E-state index is 4.68. The number of hydrogen-bond donors (Lipinski definition) is 2. The van der Waals surface area contributed by atoms with Crippen LogP contribution < -0.4 is 15.5 Å². The second-order valence-electron chi connectivity index (χ2n) is 7.01. The van der Waals surface area contributed by atoms with Crippen molar-refractivity contribution >= 4 is 11.9 Å². The molecule has 0 amide bonds. The number of aliphatic imine (C=N–C) groups is 1. The third kappa shape index (κ3) is 6.31. The number of aromatic nitrogens is 2. The van der Waals surface area contributed by atoms with Crippen molar-refractivity contribution in [3.05, 3.63) is 18.5 Å². The molecule has 1 aliphatic rings. The zero-order chi connectivity index (χ0) is 17.4. The summed E-state index contributed by atoms with van der Waals surface area (Å²) in [6.07, 6.45) is 3.60. The molecule has 1 fully saturated rings. The molecule has 1 aromatic heterocycles. The van der Waals surface area contributed by atoms with Crippen LogP contribution in [-0.4, -0.2) is 72.2 Å². The Morgan fingerprint density at radius 3 is 2.42 bits per heavy atom. The van der Waals surface area contributed by atoms with E-state index in [2.05, 4.69) is 63.1 Å². The Balaban J connectivity index is 1.76. The maximum Gasteiger partial charge on any atom is 0.225 e. The van der Waals surface area contributed by atoms with E-state index in [9.17, 15) is 0 Å². The molecule has 2 rings (SSSR count). The molecular weight excluding hydrogens is 302 g/mol. The maximum atomic E-state index is 4.68. The first kappa shape index (κ1) is 18.4. The standard InChI is InChI=1S/C17H31N7/c1-5-18-15(22-17(2,3)4)19-9-10-23-11-13-24(14-12-23)16-20-7-6-8-21-16/h6-8H,5,9-14H2,1-4H3,(H2,18,19,22). The van der Waals surface area contributed by atoms with Gasteiger partial charge in [0.05, 0.1) is 6.54 Å². The molecule has 0 aliphatic carbocycles. The van der Waals surface area contributed by atoms with Gasteiger partial charge in [-0.3, -0.25) is 9.89 Å². The first-order valence-electron chi connectivity index (χ1n) is 8.79. The van der Waals surface area contributed by atoms with Gasteiger partial charge in [0.2, 0.25) is 5.95 Å². The number of piperazine rings is 1. The van der Waals surface area contributed by atoms with Crippen molar-refractivity contribution in [1.82, 2.24) is 25.5 Å². The molecule has 1 saturated heterocycles. The fraction of sp³-hybridized carbons (Fsp3) is 0.706. The monoisotopic (exact) mass is 333 g/mol. The van der Waals surface area contributed by atoms with E-state index in [0.29, 0.717) is 0 Å². The summed E-state index contributed by atoms with van der Waals surface area (Å²) in [5.41, 5.74) is 0.0162. The first-order valence-corrected chi connectivity index (χ1v) is 8.79. The molecule has 1 aromatic rings. The predicted octanol–water partition coefficient (Wildman–Crippen LogP) is 0.952. The van der Waals surface area contributed by atoms with Crippen LogP contribution in [0.5, 0.6) is 0 Å². The van der Waals surface area contributed by atoms with Crippen molar-refractivity contribution in [1.29, 1.82) is 0 Å². The molecule has 2 N–H and O–H groups in total. The Hall–Kier alpha value is -1.89. The predicted molar refractivity (Wildman–Crippen MR) is 99.6 cm³/mol. The molecule has 0 spiro atoms. The highest BCUT2D eigenvalue weighted by Crippen LogP contribution is 2.09. The van der Waals surface area contributed by atoms with Crippen LogP contribution in [0.25, 0.3) is 0 Å². The van der Waals surface area contributed by atoms with Crippen LogP contribution in [0.3, 0.4) is 0 Å². The van der Waals surface area contributed by atoms with Gasteiger partial charge in [-0.05, 0) is 33.8 Å². The molecule has 0 atom stereocenters. The van der Waals surface area contributed by atoms with Gasteiger partial charge in [0.1, 0.15) is 0 Å². The van der Waals surface area contributed by atoms with Crippen molar-refractivity contribution in [2.24, 2.45) is 4.99 Å². The zero-order valence-corrected chi connectivity index (χ0v) is 15.4. The average Bonchev–Trinajstić information content (AvgIpc) is 2.55. The van der Waals surface area contributed by atoms with Gasteiger partial charge >= 0.3 is 0 Å². The molecule has 134 valence electrons. The molecule has 7 heteroatoms. The highest BCUT2D eigenvalue weighted by molar-refractivity contribution is 5.80. The largest absolute Gasteiger partial charge is 0.357 e. The van der Waals surface area contributed by atoms with Gasteiger partial charge in [-0.25, -0.2) is 9.97 Å². The van der Waals surface area contributed by atoms with Gasteiger partial charge < -0.3 is 15.5 Å². The smallest absolute Gasteiger partial charge is 0.225 e. The summed E-state index contributed by atoms with van der Waals surface area (Å²) in [4.78, 5) is 18.0. The van der Waals surface area contributed by atoms with E-state index in [-0.39, 0.29) is 5.54 Å². The highest BCUT2D eigenvalue weighted by Gasteiger charge is 2.18. The number of nitrogens with one attached hydrogen (secondary N) is 2. The van der Waals surface area contributed by atoms with Crippen molar-refractivity contribution < 1.29 is 0 Å². The van der Waals surface area contributed by atoms with Gasteiger partial charge in [0.15, 0.2) is 5.96 Å². The number of hydrogen-bond acceptors (Lipinski definition) is 5.